The van der Waals surface area contributed by atoms with Gasteiger partial charge in [0.1, 0.15) is 0 Å². The summed E-state index contributed by atoms with van der Waals surface area (Å²) in [5.41, 5.74) is 1.67. The molecule has 3 aromatic rings. The van der Waals surface area contributed by atoms with Crippen molar-refractivity contribution in [3.05, 3.63) is 84.7 Å². The van der Waals surface area contributed by atoms with Crippen LogP contribution in [0, 0.1) is 5.92 Å². The standard InChI is InChI=1S/C25H26N4O4S/c1-28(22-5-3-2-4-6-22)34(32,33)23-9-7-20(8-10-23)25(31)29-17-13-19(14-18-29)24(30)27-21-11-15-26-16-12-21/h2-12,15-16,19H,13-14,17-18H2,1H3,(H,26,27,30). The van der Waals surface area contributed by atoms with E-state index in [2.05, 4.69) is 10.3 Å². The number of pyridine rings is 1. The first-order chi connectivity index (χ1) is 16.4. The van der Waals surface area contributed by atoms with Crippen LogP contribution >= 0.6 is 0 Å². The number of para-hydroxylation sites is 1. The molecule has 1 aliphatic heterocycles. The lowest BCUT2D eigenvalue weighted by Gasteiger charge is -2.31. The van der Waals surface area contributed by atoms with Gasteiger partial charge in [-0.25, -0.2) is 8.42 Å². The third-order valence-corrected chi connectivity index (χ3v) is 7.78. The first-order valence-corrected chi connectivity index (χ1v) is 12.4. The van der Waals surface area contributed by atoms with Crippen molar-refractivity contribution in [1.82, 2.24) is 9.88 Å². The molecule has 2 amide bonds. The van der Waals surface area contributed by atoms with E-state index in [1.54, 1.807) is 53.7 Å². The molecule has 0 atom stereocenters. The SMILES string of the molecule is CN(c1ccccc1)S(=O)(=O)c1ccc(C(=O)N2CCC(C(=O)Nc3ccncc3)CC2)cc1. The molecule has 0 aliphatic carbocycles. The predicted octanol–water partition coefficient (Wildman–Crippen LogP) is 3.40. The van der Waals surface area contributed by atoms with E-state index in [-0.39, 0.29) is 22.6 Å². The molecular formula is C25H26N4O4S. The third-order valence-electron chi connectivity index (χ3n) is 5.98. The molecule has 9 heteroatoms. The fourth-order valence-electron chi connectivity index (χ4n) is 3.91. The smallest absolute Gasteiger partial charge is 0.264 e. The first-order valence-electron chi connectivity index (χ1n) is 11.0. The zero-order valence-electron chi connectivity index (χ0n) is 18.8. The molecule has 1 saturated heterocycles. The number of benzene rings is 2. The second-order valence-electron chi connectivity index (χ2n) is 8.12. The molecule has 0 spiro atoms. The molecule has 34 heavy (non-hydrogen) atoms. The Bertz CT molecular complexity index is 1240. The zero-order valence-corrected chi connectivity index (χ0v) is 19.6. The normalized spacial score (nSPS) is 14.4. The van der Waals surface area contributed by atoms with Crippen LogP contribution in [0.25, 0.3) is 0 Å². The summed E-state index contributed by atoms with van der Waals surface area (Å²) in [6, 6.07) is 18.3. The summed E-state index contributed by atoms with van der Waals surface area (Å²) in [5.74, 6) is -0.401. The van der Waals surface area contributed by atoms with Crippen molar-refractivity contribution in [3.8, 4) is 0 Å². The monoisotopic (exact) mass is 478 g/mol. The van der Waals surface area contributed by atoms with Gasteiger partial charge in [-0.05, 0) is 61.4 Å². The van der Waals surface area contributed by atoms with Gasteiger partial charge in [0.05, 0.1) is 10.6 Å². The number of anilines is 2. The van der Waals surface area contributed by atoms with Gasteiger partial charge in [0.2, 0.25) is 5.91 Å². The van der Waals surface area contributed by atoms with Gasteiger partial charge < -0.3 is 10.2 Å². The Morgan fingerprint density at radius 1 is 0.941 bits per heavy atom. The highest BCUT2D eigenvalue weighted by Gasteiger charge is 2.28. The predicted molar refractivity (Wildman–Crippen MR) is 130 cm³/mol. The molecule has 0 radical (unpaired) electrons. The minimum Gasteiger partial charge on any atom is -0.339 e. The molecule has 1 aromatic heterocycles. The highest BCUT2D eigenvalue weighted by molar-refractivity contribution is 7.92. The van der Waals surface area contributed by atoms with Crippen molar-refractivity contribution in [2.45, 2.75) is 17.7 Å². The van der Waals surface area contributed by atoms with Crippen molar-refractivity contribution < 1.29 is 18.0 Å². The van der Waals surface area contributed by atoms with Crippen molar-refractivity contribution in [2.75, 3.05) is 29.8 Å². The van der Waals surface area contributed by atoms with Gasteiger partial charge in [0.25, 0.3) is 15.9 Å². The van der Waals surface area contributed by atoms with E-state index in [0.717, 1.165) is 0 Å². The van der Waals surface area contributed by atoms with Crippen LogP contribution in [-0.2, 0) is 14.8 Å². The lowest BCUT2D eigenvalue weighted by molar-refractivity contribution is -0.121. The van der Waals surface area contributed by atoms with Crippen LogP contribution in [0.5, 0.6) is 0 Å². The van der Waals surface area contributed by atoms with E-state index < -0.39 is 10.0 Å². The van der Waals surface area contributed by atoms with E-state index in [1.165, 1.54) is 35.6 Å². The van der Waals surface area contributed by atoms with Gasteiger partial charge in [-0.1, -0.05) is 18.2 Å². The fourth-order valence-corrected chi connectivity index (χ4v) is 5.11. The van der Waals surface area contributed by atoms with Gasteiger partial charge in [-0.3, -0.25) is 18.9 Å². The fraction of sp³-hybridized carbons (Fsp3) is 0.240. The Hall–Kier alpha value is -3.72. The molecule has 2 heterocycles. The summed E-state index contributed by atoms with van der Waals surface area (Å²) >= 11 is 0. The number of likely N-dealkylation sites (tertiary alicyclic amines) is 1. The number of amides is 2. The van der Waals surface area contributed by atoms with Crippen LogP contribution in [0.4, 0.5) is 11.4 Å². The van der Waals surface area contributed by atoms with E-state index in [9.17, 15) is 18.0 Å². The summed E-state index contributed by atoms with van der Waals surface area (Å²) in [4.78, 5) is 31.2. The largest absolute Gasteiger partial charge is 0.339 e. The number of rotatable bonds is 6. The second-order valence-corrected chi connectivity index (χ2v) is 10.1. The minimum absolute atomic E-state index is 0.0598. The van der Waals surface area contributed by atoms with Crippen LogP contribution in [0.15, 0.2) is 84.0 Å². The first kappa shape index (κ1) is 23.4. The number of sulfonamides is 1. The zero-order chi connectivity index (χ0) is 24.1. The average molecular weight is 479 g/mol. The Morgan fingerprint density at radius 2 is 1.56 bits per heavy atom. The lowest BCUT2D eigenvalue weighted by Crippen LogP contribution is -2.41. The summed E-state index contributed by atoms with van der Waals surface area (Å²) in [5, 5.41) is 2.89. The minimum atomic E-state index is -3.74. The van der Waals surface area contributed by atoms with Crippen LogP contribution in [0.1, 0.15) is 23.2 Å². The van der Waals surface area contributed by atoms with Crippen LogP contribution in [0.3, 0.4) is 0 Å². The number of nitrogens with one attached hydrogen (secondary N) is 1. The quantitative estimate of drug-likeness (QED) is 0.585. The molecule has 0 unspecified atom stereocenters. The van der Waals surface area contributed by atoms with Crippen molar-refractivity contribution >= 4 is 33.2 Å². The van der Waals surface area contributed by atoms with Crippen LogP contribution < -0.4 is 9.62 Å². The maximum Gasteiger partial charge on any atom is 0.264 e. The summed E-state index contributed by atoms with van der Waals surface area (Å²) in [7, 11) is -2.24. The average Bonchev–Trinajstić information content (AvgIpc) is 2.89. The topological polar surface area (TPSA) is 99.7 Å². The molecule has 1 fully saturated rings. The second kappa shape index (κ2) is 10.0. The molecule has 4 rings (SSSR count). The Kier molecular flexibility index (Phi) is 6.93. The Balaban J connectivity index is 1.36. The molecule has 2 aromatic carbocycles. The van der Waals surface area contributed by atoms with Gasteiger partial charge >= 0.3 is 0 Å². The number of aromatic nitrogens is 1. The van der Waals surface area contributed by atoms with Gasteiger partial charge in [-0.15, -0.1) is 0 Å². The summed E-state index contributed by atoms with van der Waals surface area (Å²) < 4.78 is 27.1. The maximum absolute atomic E-state index is 12.9. The molecule has 1 aliphatic rings. The highest BCUT2D eigenvalue weighted by Crippen LogP contribution is 2.24. The molecule has 176 valence electrons. The number of carbonyl (C=O) groups is 2. The third kappa shape index (κ3) is 5.09. The lowest BCUT2D eigenvalue weighted by atomic mass is 9.95. The highest BCUT2D eigenvalue weighted by atomic mass is 32.2. The molecule has 1 N–H and O–H groups in total. The van der Waals surface area contributed by atoms with Gasteiger partial charge in [0, 0.05) is 49.7 Å². The van der Waals surface area contributed by atoms with Crippen molar-refractivity contribution in [1.29, 1.82) is 0 Å². The van der Waals surface area contributed by atoms with E-state index in [4.69, 9.17) is 0 Å². The number of carbonyl (C=O) groups excluding carboxylic acids is 2. The Labute approximate surface area is 199 Å². The van der Waals surface area contributed by atoms with Gasteiger partial charge in [0.15, 0.2) is 0 Å². The van der Waals surface area contributed by atoms with Crippen LogP contribution in [0.2, 0.25) is 0 Å². The number of nitrogens with zero attached hydrogens (tertiary/aromatic N) is 3. The molecule has 0 bridgehead atoms. The van der Waals surface area contributed by atoms with Crippen molar-refractivity contribution in [3.63, 3.8) is 0 Å². The number of hydrogen-bond acceptors (Lipinski definition) is 5. The Morgan fingerprint density at radius 3 is 2.18 bits per heavy atom. The number of hydrogen-bond donors (Lipinski definition) is 1. The van der Waals surface area contributed by atoms with Crippen LogP contribution in [-0.4, -0.2) is 50.3 Å². The molecule has 8 nitrogen and oxygen atoms in total. The molecule has 0 saturated carbocycles. The number of piperidine rings is 1. The van der Waals surface area contributed by atoms with E-state index >= 15 is 0 Å². The summed E-state index contributed by atoms with van der Waals surface area (Å²) in [6.07, 6.45) is 4.37. The van der Waals surface area contributed by atoms with Crippen molar-refractivity contribution in [2.24, 2.45) is 5.92 Å². The summed E-state index contributed by atoms with van der Waals surface area (Å²) in [6.45, 7) is 0.925. The van der Waals surface area contributed by atoms with E-state index in [1.807, 2.05) is 6.07 Å². The molecular weight excluding hydrogens is 452 g/mol. The van der Waals surface area contributed by atoms with E-state index in [0.29, 0.717) is 42.9 Å². The van der Waals surface area contributed by atoms with Gasteiger partial charge in [-0.2, -0.15) is 0 Å². The maximum atomic E-state index is 12.9.